The third-order valence-corrected chi connectivity index (χ3v) is 5.13. The van der Waals surface area contributed by atoms with Crippen molar-refractivity contribution in [3.05, 3.63) is 70.2 Å². The number of rotatable bonds is 2. The van der Waals surface area contributed by atoms with Gasteiger partial charge in [-0.15, -0.1) is 0 Å². The number of benzene rings is 2. The lowest BCUT2D eigenvalue weighted by Crippen LogP contribution is -2.39. The second-order valence-electron chi connectivity index (χ2n) is 5.94. The van der Waals surface area contributed by atoms with Crippen LogP contribution in [0.2, 0.25) is 0 Å². The Kier molecular flexibility index (Phi) is 3.91. The van der Waals surface area contributed by atoms with Crippen LogP contribution >= 0.6 is 15.9 Å². The molecule has 1 aliphatic carbocycles. The summed E-state index contributed by atoms with van der Waals surface area (Å²) in [6.07, 6.45) is 2.28. The van der Waals surface area contributed by atoms with Crippen LogP contribution in [0.15, 0.2) is 59.1 Å². The van der Waals surface area contributed by atoms with E-state index in [0.29, 0.717) is 25.7 Å². The topological polar surface area (TPSA) is 40.5 Å². The summed E-state index contributed by atoms with van der Waals surface area (Å²) in [6.45, 7) is 0. The van der Waals surface area contributed by atoms with Gasteiger partial charge in [0.05, 0.1) is 11.2 Å². The van der Waals surface area contributed by atoms with Gasteiger partial charge in [0.15, 0.2) is 0 Å². The van der Waals surface area contributed by atoms with E-state index in [9.17, 15) is 10.2 Å². The Balaban J connectivity index is 1.79. The Morgan fingerprint density at radius 2 is 1.10 bits per heavy atom. The normalized spacial score (nSPS) is 29.3. The van der Waals surface area contributed by atoms with Crippen LogP contribution in [0.3, 0.4) is 0 Å². The molecule has 0 spiro atoms. The SMILES string of the molecule is OC1(c2ccccc2)CCC(O)(c2ccc(Br)cc2)CC1. The van der Waals surface area contributed by atoms with E-state index >= 15 is 0 Å². The average Bonchev–Trinajstić information content (AvgIpc) is 2.52. The van der Waals surface area contributed by atoms with Gasteiger partial charge < -0.3 is 10.2 Å². The lowest BCUT2D eigenvalue weighted by molar-refractivity contribution is -0.0883. The van der Waals surface area contributed by atoms with Crippen molar-refractivity contribution in [1.29, 1.82) is 0 Å². The molecule has 0 amide bonds. The Morgan fingerprint density at radius 1 is 0.667 bits per heavy atom. The highest BCUT2D eigenvalue weighted by atomic mass is 79.9. The van der Waals surface area contributed by atoms with E-state index in [0.717, 1.165) is 15.6 Å². The largest absolute Gasteiger partial charge is 0.385 e. The van der Waals surface area contributed by atoms with Crippen LogP contribution in [0.1, 0.15) is 36.8 Å². The fourth-order valence-electron chi connectivity index (χ4n) is 3.16. The second-order valence-corrected chi connectivity index (χ2v) is 6.85. The quantitative estimate of drug-likeness (QED) is 0.859. The molecule has 0 aliphatic heterocycles. The van der Waals surface area contributed by atoms with E-state index in [1.807, 2.05) is 54.6 Å². The van der Waals surface area contributed by atoms with Crippen LogP contribution in [0, 0.1) is 0 Å². The first kappa shape index (κ1) is 14.8. The smallest absolute Gasteiger partial charge is 0.0899 e. The van der Waals surface area contributed by atoms with Crippen molar-refractivity contribution in [3.63, 3.8) is 0 Å². The molecule has 1 saturated carbocycles. The molecule has 0 aromatic heterocycles. The molecule has 3 rings (SSSR count). The van der Waals surface area contributed by atoms with Gasteiger partial charge in [-0.05, 0) is 48.9 Å². The van der Waals surface area contributed by atoms with Crippen molar-refractivity contribution in [2.75, 3.05) is 0 Å². The molecule has 0 unspecified atom stereocenters. The van der Waals surface area contributed by atoms with Crippen LogP contribution in [0.5, 0.6) is 0 Å². The van der Waals surface area contributed by atoms with Gasteiger partial charge >= 0.3 is 0 Å². The number of hydrogen-bond donors (Lipinski definition) is 2. The average molecular weight is 347 g/mol. The Morgan fingerprint density at radius 3 is 1.57 bits per heavy atom. The molecule has 0 atom stereocenters. The van der Waals surface area contributed by atoms with Crippen molar-refractivity contribution >= 4 is 15.9 Å². The summed E-state index contributed by atoms with van der Waals surface area (Å²) in [6, 6.07) is 17.6. The minimum Gasteiger partial charge on any atom is -0.385 e. The van der Waals surface area contributed by atoms with Gasteiger partial charge in [0, 0.05) is 4.47 Å². The van der Waals surface area contributed by atoms with Gasteiger partial charge in [-0.25, -0.2) is 0 Å². The molecular weight excluding hydrogens is 328 g/mol. The Bertz CT molecular complexity index is 599. The van der Waals surface area contributed by atoms with Gasteiger partial charge in [-0.2, -0.15) is 0 Å². The van der Waals surface area contributed by atoms with Crippen LogP contribution < -0.4 is 0 Å². The number of aliphatic hydroxyl groups is 2. The minimum absolute atomic E-state index is 0.569. The first-order chi connectivity index (χ1) is 10.0. The Labute approximate surface area is 133 Å². The molecule has 110 valence electrons. The summed E-state index contributed by atoms with van der Waals surface area (Å²) in [4.78, 5) is 0. The monoisotopic (exact) mass is 346 g/mol. The molecule has 2 N–H and O–H groups in total. The van der Waals surface area contributed by atoms with Crippen molar-refractivity contribution < 1.29 is 10.2 Å². The van der Waals surface area contributed by atoms with Crippen molar-refractivity contribution in [1.82, 2.24) is 0 Å². The van der Waals surface area contributed by atoms with Crippen LogP contribution in [-0.2, 0) is 11.2 Å². The van der Waals surface area contributed by atoms with E-state index in [1.54, 1.807) is 0 Å². The molecule has 2 aromatic carbocycles. The predicted octanol–water partition coefficient (Wildman–Crippen LogP) is 4.10. The van der Waals surface area contributed by atoms with E-state index in [-0.39, 0.29) is 0 Å². The molecule has 2 nitrogen and oxygen atoms in total. The molecule has 0 saturated heterocycles. The van der Waals surface area contributed by atoms with Crippen molar-refractivity contribution in [3.8, 4) is 0 Å². The standard InChI is InChI=1S/C18H19BrO2/c19-16-8-6-15(7-9-16)18(21)12-10-17(20,11-13-18)14-4-2-1-3-5-14/h1-9,20-21H,10-13H2. The van der Waals surface area contributed by atoms with Crippen LogP contribution in [0.4, 0.5) is 0 Å². The fourth-order valence-corrected chi connectivity index (χ4v) is 3.43. The van der Waals surface area contributed by atoms with Crippen LogP contribution in [0.25, 0.3) is 0 Å². The van der Waals surface area contributed by atoms with Gasteiger partial charge in [0.2, 0.25) is 0 Å². The zero-order chi connectivity index (χ0) is 14.9. The lowest BCUT2D eigenvalue weighted by Gasteiger charge is -2.41. The van der Waals surface area contributed by atoms with Gasteiger partial charge in [0.25, 0.3) is 0 Å². The summed E-state index contributed by atoms with van der Waals surface area (Å²) >= 11 is 3.41. The molecule has 2 aromatic rings. The van der Waals surface area contributed by atoms with E-state index in [1.165, 1.54) is 0 Å². The molecular formula is C18H19BrO2. The Hall–Kier alpha value is -1.16. The molecule has 0 bridgehead atoms. The van der Waals surface area contributed by atoms with Crippen molar-refractivity contribution in [2.45, 2.75) is 36.9 Å². The summed E-state index contributed by atoms with van der Waals surface area (Å²) in [7, 11) is 0. The maximum Gasteiger partial charge on any atom is 0.0899 e. The molecule has 0 radical (unpaired) electrons. The summed E-state index contributed by atoms with van der Waals surface area (Å²) < 4.78 is 1.01. The van der Waals surface area contributed by atoms with Gasteiger partial charge in [-0.3, -0.25) is 0 Å². The van der Waals surface area contributed by atoms with E-state index < -0.39 is 11.2 Å². The van der Waals surface area contributed by atoms with Crippen molar-refractivity contribution in [2.24, 2.45) is 0 Å². The fraction of sp³-hybridized carbons (Fsp3) is 0.333. The first-order valence-corrected chi connectivity index (χ1v) is 8.08. The lowest BCUT2D eigenvalue weighted by atomic mass is 9.70. The highest BCUT2D eigenvalue weighted by molar-refractivity contribution is 9.10. The summed E-state index contributed by atoms with van der Waals surface area (Å²) in [5.41, 5.74) is 0.230. The highest BCUT2D eigenvalue weighted by Crippen LogP contribution is 2.45. The maximum atomic E-state index is 10.9. The van der Waals surface area contributed by atoms with E-state index in [4.69, 9.17) is 0 Å². The minimum atomic E-state index is -0.832. The number of halogens is 1. The van der Waals surface area contributed by atoms with Crippen LogP contribution in [-0.4, -0.2) is 10.2 Å². The zero-order valence-corrected chi connectivity index (χ0v) is 13.4. The predicted molar refractivity (Wildman–Crippen MR) is 86.8 cm³/mol. The number of hydrogen-bond acceptors (Lipinski definition) is 2. The maximum absolute atomic E-state index is 10.9. The highest BCUT2D eigenvalue weighted by Gasteiger charge is 2.42. The second kappa shape index (κ2) is 5.56. The molecule has 1 aliphatic rings. The van der Waals surface area contributed by atoms with Gasteiger partial charge in [0.1, 0.15) is 0 Å². The molecule has 1 fully saturated rings. The third kappa shape index (κ3) is 2.91. The molecule has 0 heterocycles. The third-order valence-electron chi connectivity index (χ3n) is 4.60. The summed E-state index contributed by atoms with van der Waals surface area (Å²) in [5.74, 6) is 0. The van der Waals surface area contributed by atoms with E-state index in [2.05, 4.69) is 15.9 Å². The molecule has 21 heavy (non-hydrogen) atoms. The summed E-state index contributed by atoms with van der Waals surface area (Å²) in [5, 5.41) is 21.7. The van der Waals surface area contributed by atoms with Gasteiger partial charge in [-0.1, -0.05) is 58.4 Å². The molecule has 3 heteroatoms. The first-order valence-electron chi connectivity index (χ1n) is 7.28. The zero-order valence-electron chi connectivity index (χ0n) is 11.8.